The van der Waals surface area contributed by atoms with Crippen molar-refractivity contribution in [1.29, 1.82) is 5.26 Å². The summed E-state index contributed by atoms with van der Waals surface area (Å²) in [6, 6.07) is 2.53. The Bertz CT molecular complexity index is 1410. The van der Waals surface area contributed by atoms with Crippen LogP contribution in [0, 0.1) is 40.4 Å². The number of hydrogen-bond acceptors (Lipinski definition) is 8. The minimum atomic E-state index is -1.51. The van der Waals surface area contributed by atoms with Gasteiger partial charge in [-0.3, -0.25) is 14.4 Å². The predicted octanol–water partition coefficient (Wildman–Crippen LogP) is 1.62. The largest absolute Gasteiger partial charge is 0.472 e. The van der Waals surface area contributed by atoms with E-state index < -0.39 is 65.0 Å². The maximum Gasteiger partial charge on any atom is 0.407 e. The average Bonchev–Trinajstić information content (AvgIpc) is 3.32. The van der Waals surface area contributed by atoms with E-state index in [2.05, 4.69) is 21.7 Å². The molecule has 5 fully saturated rings. The number of carbonyl (C=O) groups excluding carboxylic acids is 4. The molecule has 12 nitrogen and oxygen atoms in total. The molecular weight excluding hydrogens is 547 g/mol. The molecule has 9 atom stereocenters. The molecule has 1 aromatic heterocycles. The molecule has 1 aromatic rings. The van der Waals surface area contributed by atoms with Crippen LogP contribution in [-0.4, -0.2) is 88.7 Å². The van der Waals surface area contributed by atoms with Crippen LogP contribution in [0.25, 0.3) is 0 Å². The maximum absolute atomic E-state index is 15.2. The highest BCUT2D eigenvalue weighted by atomic mass is 19.1. The number of methoxy groups -OCH3 is 1. The fourth-order valence-electron chi connectivity index (χ4n) is 8.28. The third-order valence-electron chi connectivity index (χ3n) is 10.7. The standard InChI is InChI=1S/C29H33FN6O6/c1-28(5-6-28)22(33-27(40)41-2)25(38)35-12-17-14-8-16(18(30)9-14)20(17)21(35)24(37)36-13-29(10-15(36)11-31)26(39)34-23-19(42-29)4-3-7-32-23/h3-4,7,14-18,20-22H,5-6,8-10,12-13H2,1-2H3,(H,33,40)(H,32,34,39)/t14-,15-,16+,17+,18+,20-,21-,22+,29+/m0/s1. The predicted molar refractivity (Wildman–Crippen MR) is 142 cm³/mol. The number of ether oxygens (including phenoxy) is 2. The van der Waals surface area contributed by atoms with Crippen LogP contribution in [0.1, 0.15) is 39.0 Å². The molecule has 0 aromatic carbocycles. The SMILES string of the molecule is COC(=O)N[C@H](C(=O)N1C[C@@H]2[C@H]3C[C@@H]([C@@H]2[C@H]1C(=O)N1C[C@@]2(C[C@H]1C#N)Oc1cccnc1NC2=O)[C@H](F)C3)C1(C)CC1. The van der Waals surface area contributed by atoms with Gasteiger partial charge in [0.1, 0.15) is 24.3 Å². The highest BCUT2D eigenvalue weighted by Gasteiger charge is 2.66. The quantitative estimate of drug-likeness (QED) is 0.545. The van der Waals surface area contributed by atoms with E-state index in [-0.39, 0.29) is 43.1 Å². The molecule has 7 rings (SSSR count). The van der Waals surface area contributed by atoms with Gasteiger partial charge in [-0.2, -0.15) is 5.26 Å². The second-order valence-corrected chi connectivity index (χ2v) is 13.0. The molecule has 0 unspecified atom stereocenters. The van der Waals surface area contributed by atoms with Crippen molar-refractivity contribution in [2.75, 3.05) is 25.5 Å². The number of pyridine rings is 1. The minimum Gasteiger partial charge on any atom is -0.472 e. The lowest BCUT2D eigenvalue weighted by atomic mass is 9.77. The van der Waals surface area contributed by atoms with Crippen LogP contribution in [0.15, 0.2) is 18.3 Å². The van der Waals surface area contributed by atoms with Gasteiger partial charge in [-0.15, -0.1) is 0 Å². The molecule has 4 heterocycles. The van der Waals surface area contributed by atoms with Crippen molar-refractivity contribution < 1.29 is 33.0 Å². The number of halogens is 1. The van der Waals surface area contributed by atoms with Crippen LogP contribution in [0.3, 0.4) is 0 Å². The normalized spacial score (nSPS) is 37.3. The highest BCUT2D eigenvalue weighted by molar-refractivity contribution is 6.01. The first kappa shape index (κ1) is 26.9. The van der Waals surface area contributed by atoms with E-state index >= 15 is 4.39 Å². The number of likely N-dealkylation sites (tertiary alicyclic amines) is 2. The first-order valence-corrected chi connectivity index (χ1v) is 14.5. The molecular formula is C29H33FN6O6. The lowest BCUT2D eigenvalue weighted by Gasteiger charge is -2.37. The summed E-state index contributed by atoms with van der Waals surface area (Å²) in [5, 5.41) is 15.5. The number of alkyl carbamates (subject to hydrolysis) is 1. The van der Waals surface area contributed by atoms with Gasteiger partial charge in [0.05, 0.1) is 19.7 Å². The highest BCUT2D eigenvalue weighted by Crippen LogP contribution is 2.59. The summed E-state index contributed by atoms with van der Waals surface area (Å²) in [6.07, 6.45) is 2.15. The smallest absolute Gasteiger partial charge is 0.407 e. The molecule has 2 bridgehead atoms. The number of amides is 4. The van der Waals surface area contributed by atoms with Gasteiger partial charge >= 0.3 is 6.09 Å². The van der Waals surface area contributed by atoms with Crippen molar-refractivity contribution in [3.05, 3.63) is 18.3 Å². The van der Waals surface area contributed by atoms with E-state index in [0.29, 0.717) is 18.6 Å². The average molecular weight is 581 g/mol. The van der Waals surface area contributed by atoms with Gasteiger partial charge in [0.25, 0.3) is 5.91 Å². The second-order valence-electron chi connectivity index (χ2n) is 13.0. The lowest BCUT2D eigenvalue weighted by molar-refractivity contribution is -0.148. The fourth-order valence-corrected chi connectivity index (χ4v) is 8.28. The summed E-state index contributed by atoms with van der Waals surface area (Å²) in [5.41, 5.74) is -1.99. The van der Waals surface area contributed by atoms with E-state index in [9.17, 15) is 24.4 Å². The third kappa shape index (κ3) is 3.86. The zero-order valence-electron chi connectivity index (χ0n) is 23.4. The van der Waals surface area contributed by atoms with Crippen molar-refractivity contribution >= 4 is 29.6 Å². The first-order chi connectivity index (χ1) is 20.1. The molecule has 6 aliphatic rings. The van der Waals surface area contributed by atoms with Crippen molar-refractivity contribution in [3.8, 4) is 11.8 Å². The number of nitriles is 1. The Kier molecular flexibility index (Phi) is 5.94. The van der Waals surface area contributed by atoms with Crippen molar-refractivity contribution in [2.45, 2.75) is 68.9 Å². The second kappa shape index (κ2) is 9.28. The van der Waals surface area contributed by atoms with Gasteiger partial charge in [0.2, 0.25) is 17.4 Å². The number of hydrogen-bond donors (Lipinski definition) is 2. The van der Waals surface area contributed by atoms with Crippen LogP contribution in [0.2, 0.25) is 0 Å². The van der Waals surface area contributed by atoms with E-state index in [1.165, 1.54) is 23.1 Å². The molecule has 1 spiro atoms. The Labute approximate surface area is 241 Å². The van der Waals surface area contributed by atoms with E-state index in [0.717, 1.165) is 12.8 Å². The topological polar surface area (TPSA) is 154 Å². The molecule has 13 heteroatoms. The number of rotatable bonds is 4. The van der Waals surface area contributed by atoms with Crippen molar-refractivity contribution in [2.24, 2.45) is 29.1 Å². The molecule has 0 radical (unpaired) electrons. The maximum atomic E-state index is 15.2. The lowest BCUT2D eigenvalue weighted by Crippen LogP contribution is -2.59. The Morgan fingerprint density at radius 3 is 2.79 bits per heavy atom. The Morgan fingerprint density at radius 2 is 2.07 bits per heavy atom. The number of nitrogens with zero attached hydrogens (tertiary/aromatic N) is 4. The number of alkyl halides is 1. The Balaban J connectivity index is 1.22. The molecule has 3 aliphatic carbocycles. The summed E-state index contributed by atoms with van der Waals surface area (Å²) >= 11 is 0. The van der Waals surface area contributed by atoms with Gasteiger partial charge in [-0.25, -0.2) is 14.2 Å². The number of anilines is 1. The zero-order chi connectivity index (χ0) is 29.6. The Hall–Kier alpha value is -3.95. The van der Waals surface area contributed by atoms with Crippen LogP contribution in [0.4, 0.5) is 15.0 Å². The van der Waals surface area contributed by atoms with Crippen molar-refractivity contribution in [3.63, 3.8) is 0 Å². The van der Waals surface area contributed by atoms with E-state index in [1.807, 2.05) is 6.92 Å². The van der Waals surface area contributed by atoms with E-state index in [1.54, 1.807) is 12.1 Å². The number of fused-ring (bicyclic) bond motifs is 6. The summed E-state index contributed by atoms with van der Waals surface area (Å²) in [5.74, 6) is -1.60. The number of aromatic nitrogens is 1. The van der Waals surface area contributed by atoms with Crippen LogP contribution < -0.4 is 15.4 Å². The van der Waals surface area contributed by atoms with Crippen LogP contribution in [-0.2, 0) is 19.1 Å². The van der Waals surface area contributed by atoms with Crippen molar-refractivity contribution in [1.82, 2.24) is 20.1 Å². The monoisotopic (exact) mass is 580 g/mol. The molecule has 222 valence electrons. The summed E-state index contributed by atoms with van der Waals surface area (Å²) < 4.78 is 26.1. The fraction of sp³-hybridized carbons (Fsp3) is 0.655. The van der Waals surface area contributed by atoms with Crippen LogP contribution in [0.5, 0.6) is 5.75 Å². The molecule has 4 amide bonds. The summed E-state index contributed by atoms with van der Waals surface area (Å²) in [6.45, 7) is 1.98. The van der Waals surface area contributed by atoms with Crippen LogP contribution >= 0.6 is 0 Å². The molecule has 2 saturated heterocycles. The minimum absolute atomic E-state index is 0.0553. The zero-order valence-corrected chi connectivity index (χ0v) is 23.4. The molecule has 42 heavy (non-hydrogen) atoms. The molecule has 2 N–H and O–H groups in total. The number of carbonyl (C=O) groups is 4. The summed E-state index contributed by atoms with van der Waals surface area (Å²) in [4.78, 5) is 61.3. The molecule has 3 saturated carbocycles. The third-order valence-corrected chi connectivity index (χ3v) is 10.7. The Morgan fingerprint density at radius 1 is 1.29 bits per heavy atom. The van der Waals surface area contributed by atoms with Gasteiger partial charge in [0, 0.05) is 19.2 Å². The summed E-state index contributed by atoms with van der Waals surface area (Å²) in [7, 11) is 1.22. The number of nitrogens with one attached hydrogen (secondary N) is 2. The van der Waals surface area contributed by atoms with Gasteiger partial charge in [-0.1, -0.05) is 6.92 Å². The van der Waals surface area contributed by atoms with Gasteiger partial charge in [-0.05, 0) is 66.9 Å². The van der Waals surface area contributed by atoms with Gasteiger partial charge < -0.3 is 29.9 Å². The van der Waals surface area contributed by atoms with E-state index in [4.69, 9.17) is 9.47 Å². The molecule has 3 aliphatic heterocycles. The first-order valence-electron chi connectivity index (χ1n) is 14.5. The van der Waals surface area contributed by atoms with Gasteiger partial charge in [0.15, 0.2) is 11.6 Å².